The molecule has 0 aliphatic rings. The van der Waals surface area contributed by atoms with E-state index in [4.69, 9.17) is 14.2 Å². The van der Waals surface area contributed by atoms with Crippen molar-refractivity contribution in [3.8, 4) is 0 Å². The lowest BCUT2D eigenvalue weighted by atomic mass is 10.1. The Morgan fingerprint density at radius 1 is 0.299 bits per heavy atom. The Hall–Kier alpha value is -3.67. The number of allylic oxidation sites excluding steroid dienone is 16. The van der Waals surface area contributed by atoms with Gasteiger partial charge in [0, 0.05) is 19.3 Å². The second kappa shape index (κ2) is 54.9. The van der Waals surface area contributed by atoms with Gasteiger partial charge in [-0.05, 0) is 116 Å². The standard InChI is InChI=1S/C61H102O6/c1-4-7-10-13-16-19-22-25-28-29-30-31-34-37-40-43-46-49-52-55-61(64)67-58(56-65-59(62)53-50-47-44-41-38-35-32-26-23-20-17-14-11-8-5-2)57-66-60(63)54-51-48-45-42-39-36-33-27-24-21-18-15-12-9-6-3/h16-17,19-21,24-26,28,30-32,37,40,46,49,58H,4-15,18,22-23,27,29,33-36,38-39,41-45,47-48,50-57H2,1-3H3/b19-16-,20-17-,24-21-,28-25-,31-30-,32-26-,40-37-,49-46-/t58-/m1/s1. The molecule has 0 aromatic carbocycles. The fraction of sp³-hybridized carbons (Fsp3) is 0.689. The van der Waals surface area contributed by atoms with E-state index in [2.05, 4.69) is 112 Å². The molecule has 0 saturated carbocycles. The summed E-state index contributed by atoms with van der Waals surface area (Å²) in [5.41, 5.74) is 0. The highest BCUT2D eigenvalue weighted by atomic mass is 16.6. The maximum absolute atomic E-state index is 12.8. The Morgan fingerprint density at radius 2 is 0.567 bits per heavy atom. The highest BCUT2D eigenvalue weighted by Gasteiger charge is 2.19. The molecule has 0 unspecified atom stereocenters. The minimum Gasteiger partial charge on any atom is -0.462 e. The molecule has 0 saturated heterocycles. The average molecular weight is 931 g/mol. The van der Waals surface area contributed by atoms with E-state index in [0.29, 0.717) is 19.3 Å². The summed E-state index contributed by atoms with van der Waals surface area (Å²) in [6, 6.07) is 0. The molecule has 0 aliphatic carbocycles. The first-order chi connectivity index (χ1) is 33.0. The van der Waals surface area contributed by atoms with Crippen LogP contribution in [0.2, 0.25) is 0 Å². The molecule has 6 nitrogen and oxygen atoms in total. The van der Waals surface area contributed by atoms with Crippen LogP contribution in [0.3, 0.4) is 0 Å². The summed E-state index contributed by atoms with van der Waals surface area (Å²) in [6.07, 6.45) is 72.5. The number of carbonyl (C=O) groups is 3. The summed E-state index contributed by atoms with van der Waals surface area (Å²) in [4.78, 5) is 38.1. The van der Waals surface area contributed by atoms with Crippen LogP contribution in [-0.4, -0.2) is 37.2 Å². The minimum atomic E-state index is -0.825. The lowest BCUT2D eigenvalue weighted by molar-refractivity contribution is -0.166. The van der Waals surface area contributed by atoms with Gasteiger partial charge in [0.1, 0.15) is 13.2 Å². The third-order valence-electron chi connectivity index (χ3n) is 11.5. The Kier molecular flexibility index (Phi) is 51.9. The first-order valence-electron chi connectivity index (χ1n) is 27.7. The van der Waals surface area contributed by atoms with Crippen LogP contribution < -0.4 is 0 Å². The molecule has 0 spiro atoms. The molecule has 0 aromatic rings. The van der Waals surface area contributed by atoms with Crippen LogP contribution in [0.25, 0.3) is 0 Å². The van der Waals surface area contributed by atoms with Gasteiger partial charge in [-0.3, -0.25) is 14.4 Å². The van der Waals surface area contributed by atoms with Gasteiger partial charge in [-0.1, -0.05) is 214 Å². The minimum absolute atomic E-state index is 0.114. The third-order valence-corrected chi connectivity index (χ3v) is 11.5. The number of unbranched alkanes of at least 4 members (excludes halogenated alkanes) is 22. The van der Waals surface area contributed by atoms with E-state index < -0.39 is 12.1 Å². The number of hydrogen-bond donors (Lipinski definition) is 0. The maximum Gasteiger partial charge on any atom is 0.306 e. The van der Waals surface area contributed by atoms with Crippen LogP contribution in [0.15, 0.2) is 97.2 Å². The van der Waals surface area contributed by atoms with E-state index in [9.17, 15) is 14.4 Å². The molecule has 6 heteroatoms. The van der Waals surface area contributed by atoms with Gasteiger partial charge in [-0.2, -0.15) is 0 Å². The molecule has 0 bridgehead atoms. The van der Waals surface area contributed by atoms with Crippen LogP contribution >= 0.6 is 0 Å². The molecule has 67 heavy (non-hydrogen) atoms. The molecule has 1 atom stereocenters. The van der Waals surface area contributed by atoms with Gasteiger partial charge in [-0.15, -0.1) is 0 Å². The third kappa shape index (κ3) is 53.2. The molecule has 0 aliphatic heterocycles. The Balaban J connectivity index is 4.54. The van der Waals surface area contributed by atoms with Crippen molar-refractivity contribution >= 4 is 17.9 Å². The van der Waals surface area contributed by atoms with Crippen molar-refractivity contribution in [3.05, 3.63) is 97.2 Å². The number of rotatable bonds is 49. The molecule has 0 aromatic heterocycles. The predicted octanol–water partition coefficient (Wildman–Crippen LogP) is 18.5. The highest BCUT2D eigenvalue weighted by Crippen LogP contribution is 2.13. The quantitative estimate of drug-likeness (QED) is 0.0262. The van der Waals surface area contributed by atoms with Crippen LogP contribution in [0.1, 0.15) is 252 Å². The van der Waals surface area contributed by atoms with Crippen LogP contribution in [0.5, 0.6) is 0 Å². The van der Waals surface area contributed by atoms with Gasteiger partial charge in [0.15, 0.2) is 6.10 Å². The summed E-state index contributed by atoms with van der Waals surface area (Å²) in [7, 11) is 0. The van der Waals surface area contributed by atoms with Gasteiger partial charge in [0.2, 0.25) is 0 Å². The summed E-state index contributed by atoms with van der Waals surface area (Å²) in [5.74, 6) is -1.02. The van der Waals surface area contributed by atoms with Crippen molar-refractivity contribution < 1.29 is 28.6 Å². The number of esters is 3. The van der Waals surface area contributed by atoms with Gasteiger partial charge in [0.05, 0.1) is 0 Å². The SMILES string of the molecule is CCCCC/C=C\C/C=C\C/C=C\C/C=C\C/C=C\CCC(=O)O[C@H](COC(=O)CCCCCCC/C=C\C/C=C\CCCCC)COC(=O)CCCCCCCCC/C=C\CCCCCC. The second-order valence-electron chi connectivity index (χ2n) is 18.1. The van der Waals surface area contributed by atoms with Crippen molar-refractivity contribution in [2.24, 2.45) is 0 Å². The molecule has 0 radical (unpaired) electrons. The van der Waals surface area contributed by atoms with Crippen molar-refractivity contribution in [2.45, 2.75) is 258 Å². The van der Waals surface area contributed by atoms with Crippen molar-refractivity contribution in [2.75, 3.05) is 13.2 Å². The average Bonchev–Trinajstić information content (AvgIpc) is 3.33. The highest BCUT2D eigenvalue weighted by molar-refractivity contribution is 5.71. The van der Waals surface area contributed by atoms with Crippen LogP contribution in [-0.2, 0) is 28.6 Å². The molecule has 0 rings (SSSR count). The topological polar surface area (TPSA) is 78.9 Å². The van der Waals surface area contributed by atoms with E-state index >= 15 is 0 Å². The first kappa shape index (κ1) is 63.3. The molecular formula is C61H102O6. The van der Waals surface area contributed by atoms with Crippen molar-refractivity contribution in [1.29, 1.82) is 0 Å². The fourth-order valence-corrected chi connectivity index (χ4v) is 7.33. The van der Waals surface area contributed by atoms with Gasteiger partial charge in [-0.25, -0.2) is 0 Å². The zero-order valence-electron chi connectivity index (χ0n) is 43.6. The Bertz CT molecular complexity index is 1350. The smallest absolute Gasteiger partial charge is 0.306 e. The van der Waals surface area contributed by atoms with Gasteiger partial charge in [0.25, 0.3) is 0 Å². The molecular weight excluding hydrogens is 829 g/mol. The van der Waals surface area contributed by atoms with Crippen LogP contribution in [0.4, 0.5) is 0 Å². The normalized spacial score (nSPS) is 12.8. The number of ether oxygens (including phenoxy) is 3. The molecule has 0 amide bonds. The second-order valence-corrected chi connectivity index (χ2v) is 18.1. The molecule has 0 heterocycles. The molecule has 0 N–H and O–H groups in total. The Labute approximate surface area is 413 Å². The summed E-state index contributed by atoms with van der Waals surface area (Å²) in [6.45, 7) is 6.49. The number of hydrogen-bond acceptors (Lipinski definition) is 6. The van der Waals surface area contributed by atoms with E-state index in [0.717, 1.165) is 89.9 Å². The van der Waals surface area contributed by atoms with E-state index in [-0.39, 0.29) is 31.6 Å². The van der Waals surface area contributed by atoms with E-state index in [1.807, 2.05) is 6.08 Å². The van der Waals surface area contributed by atoms with Crippen molar-refractivity contribution in [3.63, 3.8) is 0 Å². The fourth-order valence-electron chi connectivity index (χ4n) is 7.33. The zero-order valence-corrected chi connectivity index (χ0v) is 43.6. The van der Waals surface area contributed by atoms with E-state index in [1.165, 1.54) is 116 Å². The predicted molar refractivity (Wildman–Crippen MR) is 288 cm³/mol. The van der Waals surface area contributed by atoms with Crippen molar-refractivity contribution in [1.82, 2.24) is 0 Å². The zero-order chi connectivity index (χ0) is 48.6. The summed E-state index contributed by atoms with van der Waals surface area (Å²) < 4.78 is 16.8. The Morgan fingerprint density at radius 3 is 0.940 bits per heavy atom. The molecule has 382 valence electrons. The summed E-state index contributed by atoms with van der Waals surface area (Å²) in [5, 5.41) is 0. The molecule has 0 fully saturated rings. The van der Waals surface area contributed by atoms with E-state index in [1.54, 1.807) is 0 Å². The lowest BCUT2D eigenvalue weighted by Gasteiger charge is -2.18. The monoisotopic (exact) mass is 931 g/mol. The van der Waals surface area contributed by atoms with Gasteiger partial charge >= 0.3 is 17.9 Å². The number of carbonyl (C=O) groups excluding carboxylic acids is 3. The largest absolute Gasteiger partial charge is 0.462 e. The van der Waals surface area contributed by atoms with Crippen LogP contribution in [0, 0.1) is 0 Å². The lowest BCUT2D eigenvalue weighted by Crippen LogP contribution is -2.30. The summed E-state index contributed by atoms with van der Waals surface area (Å²) >= 11 is 0. The maximum atomic E-state index is 12.8. The van der Waals surface area contributed by atoms with Gasteiger partial charge < -0.3 is 14.2 Å². The first-order valence-corrected chi connectivity index (χ1v) is 27.7.